The quantitative estimate of drug-likeness (QED) is 0.693. The molecule has 1 fully saturated rings. The first-order valence-electron chi connectivity index (χ1n) is 5.56. The molecule has 0 amide bonds. The number of halogens is 1. The molecule has 2 heteroatoms. The summed E-state index contributed by atoms with van der Waals surface area (Å²) in [6.07, 6.45) is 6.90. The highest BCUT2D eigenvalue weighted by molar-refractivity contribution is 6.18. The van der Waals surface area contributed by atoms with Crippen LogP contribution in [0.2, 0.25) is 0 Å². The van der Waals surface area contributed by atoms with Crippen LogP contribution in [-0.2, 0) is 0 Å². The smallest absolute Gasteiger partial charge is 0.0379 e. The van der Waals surface area contributed by atoms with Crippen LogP contribution < -0.4 is 5.32 Å². The van der Waals surface area contributed by atoms with Crippen LogP contribution in [-0.4, -0.2) is 18.0 Å². The summed E-state index contributed by atoms with van der Waals surface area (Å²) in [5, 5.41) is 3.67. The monoisotopic (exact) mass is 203 g/mol. The molecule has 78 valence electrons. The third-order valence-corrected chi connectivity index (χ3v) is 3.36. The van der Waals surface area contributed by atoms with Gasteiger partial charge in [-0.05, 0) is 18.8 Å². The number of alkyl halides is 1. The highest BCUT2D eigenvalue weighted by Gasteiger charge is 2.18. The minimum absolute atomic E-state index is 0.504. The fourth-order valence-electron chi connectivity index (χ4n) is 1.99. The van der Waals surface area contributed by atoms with Crippen molar-refractivity contribution >= 4 is 11.6 Å². The Morgan fingerprint density at radius 1 is 1.23 bits per heavy atom. The standard InChI is InChI=1S/C11H22ClN/c1-9(2)11(8-12)13-10-6-4-3-5-7-10/h9-11,13H,3-8H2,1-2H3. The topological polar surface area (TPSA) is 12.0 Å². The van der Waals surface area contributed by atoms with Crippen LogP contribution in [0, 0.1) is 5.92 Å². The van der Waals surface area contributed by atoms with Gasteiger partial charge in [-0.25, -0.2) is 0 Å². The molecule has 0 aromatic carbocycles. The second-order valence-corrected chi connectivity index (χ2v) is 4.82. The Hall–Kier alpha value is 0.250. The Kier molecular flexibility index (Phi) is 5.12. The Bertz CT molecular complexity index is 130. The van der Waals surface area contributed by atoms with Crippen molar-refractivity contribution in [3.63, 3.8) is 0 Å². The third-order valence-electron chi connectivity index (χ3n) is 3.03. The molecule has 0 bridgehead atoms. The van der Waals surface area contributed by atoms with Gasteiger partial charge in [-0.1, -0.05) is 33.1 Å². The summed E-state index contributed by atoms with van der Waals surface area (Å²) in [6, 6.07) is 1.24. The first kappa shape index (κ1) is 11.3. The van der Waals surface area contributed by atoms with Crippen LogP contribution in [0.25, 0.3) is 0 Å². The minimum Gasteiger partial charge on any atom is -0.310 e. The predicted octanol–water partition coefficient (Wildman–Crippen LogP) is 3.17. The van der Waals surface area contributed by atoms with Gasteiger partial charge in [-0.3, -0.25) is 0 Å². The van der Waals surface area contributed by atoms with Gasteiger partial charge in [0.25, 0.3) is 0 Å². The van der Waals surface area contributed by atoms with Crippen LogP contribution in [0.4, 0.5) is 0 Å². The van der Waals surface area contributed by atoms with Gasteiger partial charge < -0.3 is 5.32 Å². The molecule has 1 rings (SSSR count). The second kappa shape index (κ2) is 5.87. The molecular formula is C11H22ClN. The number of hydrogen-bond donors (Lipinski definition) is 1. The van der Waals surface area contributed by atoms with Gasteiger partial charge in [-0.15, -0.1) is 11.6 Å². The lowest BCUT2D eigenvalue weighted by Gasteiger charge is -2.29. The van der Waals surface area contributed by atoms with Crippen molar-refractivity contribution < 1.29 is 0 Å². The van der Waals surface area contributed by atoms with Gasteiger partial charge in [0.2, 0.25) is 0 Å². The molecule has 1 aliphatic carbocycles. The molecule has 1 nitrogen and oxygen atoms in total. The molecule has 1 unspecified atom stereocenters. The van der Waals surface area contributed by atoms with Crippen LogP contribution in [0.15, 0.2) is 0 Å². The minimum atomic E-state index is 0.504. The van der Waals surface area contributed by atoms with Gasteiger partial charge in [0.1, 0.15) is 0 Å². The molecule has 0 aromatic heterocycles. The largest absolute Gasteiger partial charge is 0.310 e. The van der Waals surface area contributed by atoms with Crippen molar-refractivity contribution in [2.75, 3.05) is 5.88 Å². The normalized spacial score (nSPS) is 22.2. The van der Waals surface area contributed by atoms with E-state index in [1.54, 1.807) is 0 Å². The zero-order chi connectivity index (χ0) is 9.68. The highest BCUT2D eigenvalue weighted by atomic mass is 35.5. The first-order chi connectivity index (χ1) is 6.24. The van der Waals surface area contributed by atoms with E-state index >= 15 is 0 Å². The summed E-state index contributed by atoms with van der Waals surface area (Å²) < 4.78 is 0. The van der Waals surface area contributed by atoms with Crippen molar-refractivity contribution in [1.82, 2.24) is 5.32 Å². The molecule has 1 atom stereocenters. The molecule has 0 aliphatic heterocycles. The van der Waals surface area contributed by atoms with Gasteiger partial charge in [0.15, 0.2) is 0 Å². The summed E-state index contributed by atoms with van der Waals surface area (Å²) in [4.78, 5) is 0. The van der Waals surface area contributed by atoms with Crippen LogP contribution in [0.5, 0.6) is 0 Å². The number of rotatable bonds is 4. The lowest BCUT2D eigenvalue weighted by Crippen LogP contribution is -2.43. The van der Waals surface area contributed by atoms with Gasteiger partial charge in [0, 0.05) is 18.0 Å². The molecule has 1 aliphatic rings. The SMILES string of the molecule is CC(C)C(CCl)NC1CCCCC1. The average molecular weight is 204 g/mol. The maximum atomic E-state index is 5.92. The molecule has 0 aromatic rings. The molecule has 0 radical (unpaired) electrons. The summed E-state index contributed by atoms with van der Waals surface area (Å²) >= 11 is 5.92. The summed E-state index contributed by atoms with van der Waals surface area (Å²) in [6.45, 7) is 4.48. The number of nitrogens with one attached hydrogen (secondary N) is 1. The van der Waals surface area contributed by atoms with Crippen molar-refractivity contribution in [2.45, 2.75) is 58.0 Å². The Labute approximate surface area is 87.2 Å². The zero-order valence-electron chi connectivity index (χ0n) is 8.85. The predicted molar refractivity (Wildman–Crippen MR) is 59.4 cm³/mol. The van der Waals surface area contributed by atoms with Crippen molar-refractivity contribution in [3.8, 4) is 0 Å². The Balaban J connectivity index is 2.27. The average Bonchev–Trinajstić information content (AvgIpc) is 2.15. The highest BCUT2D eigenvalue weighted by Crippen LogP contribution is 2.19. The van der Waals surface area contributed by atoms with Crippen molar-refractivity contribution in [2.24, 2.45) is 5.92 Å². The van der Waals surface area contributed by atoms with E-state index in [0.29, 0.717) is 12.0 Å². The molecule has 0 heterocycles. The summed E-state index contributed by atoms with van der Waals surface area (Å²) in [7, 11) is 0. The second-order valence-electron chi connectivity index (χ2n) is 4.51. The maximum absolute atomic E-state index is 5.92. The third kappa shape index (κ3) is 3.86. The molecule has 0 saturated heterocycles. The molecule has 0 spiro atoms. The fourth-order valence-corrected chi connectivity index (χ4v) is 2.43. The first-order valence-corrected chi connectivity index (χ1v) is 6.09. The van der Waals surface area contributed by atoms with Crippen LogP contribution >= 0.6 is 11.6 Å². The molecule has 13 heavy (non-hydrogen) atoms. The van der Waals surface area contributed by atoms with E-state index < -0.39 is 0 Å². The van der Waals surface area contributed by atoms with Gasteiger partial charge in [-0.2, -0.15) is 0 Å². The zero-order valence-corrected chi connectivity index (χ0v) is 9.61. The lowest BCUT2D eigenvalue weighted by atomic mass is 9.94. The molecule has 1 N–H and O–H groups in total. The molecule has 1 saturated carbocycles. The summed E-state index contributed by atoms with van der Waals surface area (Å²) in [5.74, 6) is 1.40. The van der Waals surface area contributed by atoms with E-state index in [1.807, 2.05) is 0 Å². The lowest BCUT2D eigenvalue weighted by molar-refractivity contribution is 0.311. The summed E-state index contributed by atoms with van der Waals surface area (Å²) in [5.41, 5.74) is 0. The van der Waals surface area contributed by atoms with E-state index in [2.05, 4.69) is 19.2 Å². The van der Waals surface area contributed by atoms with Crippen LogP contribution in [0.3, 0.4) is 0 Å². The maximum Gasteiger partial charge on any atom is 0.0379 e. The Morgan fingerprint density at radius 2 is 1.85 bits per heavy atom. The molecular weight excluding hydrogens is 182 g/mol. The van der Waals surface area contributed by atoms with Crippen LogP contribution in [0.1, 0.15) is 46.0 Å². The van der Waals surface area contributed by atoms with Crippen molar-refractivity contribution in [3.05, 3.63) is 0 Å². The number of hydrogen-bond acceptors (Lipinski definition) is 1. The van der Waals surface area contributed by atoms with Gasteiger partial charge >= 0.3 is 0 Å². The van der Waals surface area contributed by atoms with E-state index in [1.165, 1.54) is 32.1 Å². The van der Waals surface area contributed by atoms with E-state index in [4.69, 9.17) is 11.6 Å². The van der Waals surface area contributed by atoms with E-state index in [-0.39, 0.29) is 0 Å². The van der Waals surface area contributed by atoms with Gasteiger partial charge in [0.05, 0.1) is 0 Å². The fraction of sp³-hybridized carbons (Fsp3) is 1.00. The van der Waals surface area contributed by atoms with E-state index in [9.17, 15) is 0 Å². The van der Waals surface area contributed by atoms with Crippen molar-refractivity contribution in [1.29, 1.82) is 0 Å². The Morgan fingerprint density at radius 3 is 2.31 bits per heavy atom. The van der Waals surface area contributed by atoms with E-state index in [0.717, 1.165) is 11.9 Å².